The smallest absolute Gasteiger partial charge is 0.393 e. The number of nitrogens with one attached hydrogen (secondary N) is 3. The molecule has 0 atom stereocenters. The second kappa shape index (κ2) is 4.37. The van der Waals surface area contributed by atoms with E-state index in [0.717, 1.165) is 11.3 Å². The molecule has 0 amide bonds. The number of oxazole rings is 1. The van der Waals surface area contributed by atoms with E-state index in [0.29, 0.717) is 17.7 Å². The van der Waals surface area contributed by atoms with Crippen molar-refractivity contribution in [2.75, 3.05) is 0 Å². The van der Waals surface area contributed by atoms with E-state index in [1.54, 1.807) is 28.0 Å². The van der Waals surface area contributed by atoms with E-state index >= 15 is 0 Å². The third-order valence-corrected chi connectivity index (χ3v) is 2.89. The number of hydrogen-bond acceptors (Lipinski definition) is 5. The van der Waals surface area contributed by atoms with Crippen LogP contribution in [0.1, 0.15) is 5.69 Å². The summed E-state index contributed by atoms with van der Waals surface area (Å²) in [5.74, 6) is 1.76. The van der Waals surface area contributed by atoms with Gasteiger partial charge in [-0.25, -0.2) is 10.1 Å². The van der Waals surface area contributed by atoms with Gasteiger partial charge in [-0.3, -0.25) is 0 Å². The zero-order valence-corrected chi connectivity index (χ0v) is 11.0. The summed E-state index contributed by atoms with van der Waals surface area (Å²) in [6.45, 7) is 1.88. The molecule has 0 aromatic carbocycles. The highest BCUT2D eigenvalue weighted by Crippen LogP contribution is 2.15. The molecule has 3 N–H and O–H groups in total. The zero-order chi connectivity index (χ0) is 14.2. The fraction of sp³-hybridized carbons (Fsp3) is 0.0909. The Morgan fingerprint density at radius 2 is 2.19 bits per heavy atom. The van der Waals surface area contributed by atoms with E-state index in [9.17, 15) is 0 Å². The predicted octanol–water partition coefficient (Wildman–Crippen LogP) is -0.627. The molecule has 0 aliphatic carbocycles. The maximum Gasteiger partial charge on any atom is 0.393 e. The first-order valence-electron chi connectivity index (χ1n) is 6.15. The normalized spacial score (nSPS) is 11.1. The van der Waals surface area contributed by atoms with Gasteiger partial charge in [-0.05, 0) is 12.0 Å². The molecule has 10 nitrogen and oxygen atoms in total. The summed E-state index contributed by atoms with van der Waals surface area (Å²) in [4.78, 5) is 8.31. The molecule has 0 aliphatic heterocycles. The minimum absolute atomic E-state index is 0.546. The first-order chi connectivity index (χ1) is 10.3. The third-order valence-electron chi connectivity index (χ3n) is 2.89. The van der Waals surface area contributed by atoms with E-state index in [2.05, 4.69) is 35.6 Å². The van der Waals surface area contributed by atoms with Gasteiger partial charge < -0.3 is 4.42 Å². The number of H-pyrrole nitrogens is 3. The van der Waals surface area contributed by atoms with Crippen LogP contribution in [0.15, 0.2) is 35.6 Å². The molecule has 0 radical (unpaired) electrons. The summed E-state index contributed by atoms with van der Waals surface area (Å²) in [5, 5.41) is 16.6. The molecule has 0 saturated carbocycles. The van der Waals surface area contributed by atoms with Crippen LogP contribution in [0.4, 0.5) is 0 Å². The van der Waals surface area contributed by atoms with Crippen molar-refractivity contribution in [1.29, 1.82) is 0 Å². The van der Waals surface area contributed by atoms with Gasteiger partial charge in [0.15, 0.2) is 6.20 Å². The Labute approximate surface area is 117 Å². The van der Waals surface area contributed by atoms with Gasteiger partial charge in [0.05, 0.1) is 17.5 Å². The van der Waals surface area contributed by atoms with Crippen LogP contribution in [-0.4, -0.2) is 35.6 Å². The number of rotatable bonds is 3. The largest absolute Gasteiger partial charge is 0.444 e. The van der Waals surface area contributed by atoms with Gasteiger partial charge in [0.1, 0.15) is 12.5 Å². The monoisotopic (exact) mass is 285 g/mol. The molecule has 4 aromatic rings. The van der Waals surface area contributed by atoms with Crippen molar-refractivity contribution in [3.63, 3.8) is 0 Å². The van der Waals surface area contributed by atoms with Crippen LogP contribution < -0.4 is 9.36 Å². The fourth-order valence-electron chi connectivity index (χ4n) is 1.91. The molecular formula is C11H11N9O+2. The van der Waals surface area contributed by atoms with Crippen LogP contribution in [0, 0.1) is 6.92 Å². The highest BCUT2D eigenvalue weighted by atomic mass is 16.3. The van der Waals surface area contributed by atoms with E-state index in [4.69, 9.17) is 4.42 Å². The Morgan fingerprint density at radius 1 is 1.24 bits per heavy atom. The quantitative estimate of drug-likeness (QED) is 0.433. The average Bonchev–Trinajstić information content (AvgIpc) is 3.25. The molecule has 4 rings (SSSR count). The summed E-state index contributed by atoms with van der Waals surface area (Å²) in [6.07, 6.45) is 8.43. The van der Waals surface area contributed by atoms with E-state index < -0.39 is 0 Å². The first kappa shape index (κ1) is 11.5. The minimum Gasteiger partial charge on any atom is -0.444 e. The van der Waals surface area contributed by atoms with Crippen LogP contribution in [0.2, 0.25) is 0 Å². The van der Waals surface area contributed by atoms with Crippen LogP contribution in [0.25, 0.3) is 23.2 Å². The van der Waals surface area contributed by atoms with Crippen molar-refractivity contribution in [2.45, 2.75) is 6.92 Å². The average molecular weight is 285 g/mol. The number of aromatic amines is 3. The fourth-order valence-corrected chi connectivity index (χ4v) is 1.91. The predicted molar refractivity (Wildman–Crippen MR) is 66.2 cm³/mol. The van der Waals surface area contributed by atoms with Gasteiger partial charge in [0.2, 0.25) is 12.2 Å². The Kier molecular flexibility index (Phi) is 2.40. The summed E-state index contributed by atoms with van der Waals surface area (Å²) < 4.78 is 8.71. The second-order valence-corrected chi connectivity index (χ2v) is 4.40. The van der Waals surface area contributed by atoms with Crippen LogP contribution in [0.5, 0.6) is 0 Å². The summed E-state index contributed by atoms with van der Waals surface area (Å²) in [5.41, 5.74) is 1.66. The van der Waals surface area contributed by atoms with Crippen molar-refractivity contribution in [3.8, 4) is 23.2 Å². The molecule has 0 aliphatic rings. The van der Waals surface area contributed by atoms with E-state index in [1.807, 2.05) is 13.1 Å². The zero-order valence-electron chi connectivity index (χ0n) is 11.0. The van der Waals surface area contributed by atoms with Crippen LogP contribution in [0.3, 0.4) is 0 Å². The number of aryl methyl sites for hydroxylation is 1. The molecule has 0 unspecified atom stereocenters. The summed E-state index contributed by atoms with van der Waals surface area (Å²) >= 11 is 0. The maximum atomic E-state index is 5.36. The van der Waals surface area contributed by atoms with Crippen LogP contribution in [-0.2, 0) is 0 Å². The lowest BCUT2D eigenvalue weighted by Crippen LogP contribution is -2.35. The Balaban J connectivity index is 1.67. The third kappa shape index (κ3) is 1.98. The molecule has 0 fully saturated rings. The van der Waals surface area contributed by atoms with Crippen molar-refractivity contribution in [2.24, 2.45) is 0 Å². The molecule has 0 spiro atoms. The minimum atomic E-state index is 0.546. The summed E-state index contributed by atoms with van der Waals surface area (Å²) in [7, 11) is 0. The van der Waals surface area contributed by atoms with Gasteiger partial charge in [0.25, 0.3) is 0 Å². The van der Waals surface area contributed by atoms with E-state index in [1.165, 1.54) is 6.33 Å². The standard InChI is InChI=1S/C11H9N9O/c1-7-5-21-10(15-7)8-2-14-19(3-8)9-4-20(18-16-9)11-12-6-13-17-11/h2-6H,1H3,(H,12,13,17)/p+2. The Bertz CT molecular complexity index is 869. The van der Waals surface area contributed by atoms with Gasteiger partial charge >= 0.3 is 11.8 Å². The molecule has 4 aromatic heterocycles. The molecule has 0 bridgehead atoms. The Morgan fingerprint density at radius 3 is 2.95 bits per heavy atom. The lowest BCUT2D eigenvalue weighted by atomic mass is 10.4. The Hall–Kier alpha value is -3.30. The topological polar surface area (TPSA) is 120 Å². The lowest BCUT2D eigenvalue weighted by molar-refractivity contribution is -0.681. The van der Waals surface area contributed by atoms with Gasteiger partial charge in [-0.15, -0.1) is 19.7 Å². The molecule has 0 saturated heterocycles. The van der Waals surface area contributed by atoms with Crippen molar-refractivity contribution in [3.05, 3.63) is 36.9 Å². The number of aromatic nitrogens is 9. The van der Waals surface area contributed by atoms with Crippen LogP contribution >= 0.6 is 0 Å². The van der Waals surface area contributed by atoms with Gasteiger partial charge in [-0.1, -0.05) is 4.98 Å². The summed E-state index contributed by atoms with van der Waals surface area (Å²) in [6, 6.07) is 0. The van der Waals surface area contributed by atoms with E-state index in [-0.39, 0.29) is 0 Å². The highest BCUT2D eigenvalue weighted by molar-refractivity contribution is 5.48. The molecular weight excluding hydrogens is 274 g/mol. The number of hydrogen-bond donors (Lipinski definition) is 3. The maximum absolute atomic E-state index is 5.36. The van der Waals surface area contributed by atoms with Crippen molar-refractivity contribution >= 4 is 0 Å². The lowest BCUT2D eigenvalue weighted by Gasteiger charge is -1.84. The molecule has 21 heavy (non-hydrogen) atoms. The molecule has 104 valence electrons. The first-order valence-corrected chi connectivity index (χ1v) is 6.15. The van der Waals surface area contributed by atoms with Crippen molar-refractivity contribution < 1.29 is 13.8 Å². The SMILES string of the molecule is Cc1coc(-c2c[nH][n+](-c3c[n+](-c4ncn[nH]4)[nH]n3)c2)n1. The van der Waals surface area contributed by atoms with Gasteiger partial charge in [-0.2, -0.15) is 5.10 Å². The van der Waals surface area contributed by atoms with Crippen molar-refractivity contribution in [1.82, 2.24) is 35.6 Å². The second-order valence-electron chi connectivity index (χ2n) is 4.40. The number of nitrogens with zero attached hydrogens (tertiary/aromatic N) is 6. The molecule has 4 heterocycles. The molecule has 10 heteroatoms. The van der Waals surface area contributed by atoms with Gasteiger partial charge in [0, 0.05) is 0 Å². The highest BCUT2D eigenvalue weighted by Gasteiger charge is 2.18.